The monoisotopic (exact) mass is 522 g/mol. The third kappa shape index (κ3) is 7.33. The van der Waals surface area contributed by atoms with Crippen LogP contribution in [0.5, 0.6) is 5.75 Å². The van der Waals surface area contributed by atoms with Crippen molar-refractivity contribution in [2.24, 2.45) is 5.92 Å². The highest BCUT2D eigenvalue weighted by Gasteiger charge is 2.35. The zero-order valence-electron chi connectivity index (χ0n) is 22.5. The summed E-state index contributed by atoms with van der Waals surface area (Å²) in [5.41, 5.74) is 4.69. The van der Waals surface area contributed by atoms with Crippen molar-refractivity contribution < 1.29 is 23.9 Å². The van der Waals surface area contributed by atoms with Crippen molar-refractivity contribution in [1.82, 2.24) is 10.2 Å². The summed E-state index contributed by atoms with van der Waals surface area (Å²) in [5, 5.41) is 5.91. The number of carbonyl (C=O) groups is 3. The molecule has 2 saturated heterocycles. The van der Waals surface area contributed by atoms with E-state index in [-0.39, 0.29) is 36.7 Å². The van der Waals surface area contributed by atoms with Gasteiger partial charge in [-0.2, -0.15) is 0 Å². The first-order valence-corrected chi connectivity index (χ1v) is 13.3. The lowest BCUT2D eigenvalue weighted by Gasteiger charge is -2.26. The van der Waals surface area contributed by atoms with Gasteiger partial charge in [-0.1, -0.05) is 17.7 Å². The molecule has 2 aliphatic heterocycles. The molecule has 3 amide bonds. The number of morpholine rings is 1. The lowest BCUT2D eigenvalue weighted by Crippen LogP contribution is -2.39. The minimum absolute atomic E-state index is 0.0737. The number of nitrogens with zero attached hydrogens (tertiary/aromatic N) is 2. The SMILES string of the molecule is Cc1cc(C)c(NC(=O)COc2ccc(N3C[C@@H](C(=O)NCCCN4CCOCC4)CC3=O)cc2)c(C)c1. The fourth-order valence-corrected chi connectivity index (χ4v) is 5.04. The number of carbonyl (C=O) groups excluding carboxylic acids is 3. The highest BCUT2D eigenvalue weighted by atomic mass is 16.5. The van der Waals surface area contributed by atoms with Crippen LogP contribution in [0.15, 0.2) is 36.4 Å². The Morgan fingerprint density at radius 3 is 2.42 bits per heavy atom. The third-order valence-electron chi connectivity index (χ3n) is 7.01. The second-order valence-electron chi connectivity index (χ2n) is 10.1. The average molecular weight is 523 g/mol. The molecule has 4 rings (SSSR count). The van der Waals surface area contributed by atoms with Gasteiger partial charge in [0.15, 0.2) is 6.61 Å². The van der Waals surface area contributed by atoms with Gasteiger partial charge in [0, 0.05) is 44.0 Å². The maximum atomic E-state index is 12.6. The van der Waals surface area contributed by atoms with Gasteiger partial charge in [0.2, 0.25) is 11.8 Å². The Labute approximate surface area is 224 Å². The zero-order valence-corrected chi connectivity index (χ0v) is 22.5. The lowest BCUT2D eigenvalue weighted by atomic mass is 10.1. The van der Waals surface area contributed by atoms with Crippen LogP contribution in [-0.2, 0) is 19.1 Å². The Morgan fingerprint density at radius 2 is 1.74 bits per heavy atom. The van der Waals surface area contributed by atoms with Crippen molar-refractivity contribution in [3.05, 3.63) is 53.1 Å². The number of ether oxygens (including phenoxy) is 2. The molecule has 2 N–H and O–H groups in total. The van der Waals surface area contributed by atoms with E-state index in [4.69, 9.17) is 9.47 Å². The van der Waals surface area contributed by atoms with Gasteiger partial charge in [-0.05, 0) is 69.1 Å². The number of hydrogen-bond donors (Lipinski definition) is 2. The summed E-state index contributed by atoms with van der Waals surface area (Å²) in [5.74, 6) is -0.220. The van der Waals surface area contributed by atoms with Crippen LogP contribution < -0.4 is 20.3 Å². The van der Waals surface area contributed by atoms with Crippen LogP contribution in [0.2, 0.25) is 0 Å². The predicted molar refractivity (Wildman–Crippen MR) is 147 cm³/mol. The molecule has 2 fully saturated rings. The van der Waals surface area contributed by atoms with Crippen LogP contribution in [0.4, 0.5) is 11.4 Å². The fraction of sp³-hybridized carbons (Fsp3) is 0.483. The van der Waals surface area contributed by atoms with E-state index in [2.05, 4.69) is 15.5 Å². The second-order valence-corrected chi connectivity index (χ2v) is 10.1. The van der Waals surface area contributed by atoms with E-state index < -0.39 is 0 Å². The van der Waals surface area contributed by atoms with Crippen molar-refractivity contribution in [2.75, 3.05) is 62.8 Å². The van der Waals surface area contributed by atoms with Crippen molar-refractivity contribution in [3.8, 4) is 5.75 Å². The van der Waals surface area contributed by atoms with Gasteiger partial charge in [-0.25, -0.2) is 0 Å². The van der Waals surface area contributed by atoms with Gasteiger partial charge < -0.3 is 25.0 Å². The van der Waals surface area contributed by atoms with E-state index in [9.17, 15) is 14.4 Å². The first-order valence-electron chi connectivity index (χ1n) is 13.3. The smallest absolute Gasteiger partial charge is 0.262 e. The molecule has 2 aliphatic rings. The molecule has 0 unspecified atom stereocenters. The number of anilines is 2. The maximum Gasteiger partial charge on any atom is 0.262 e. The summed E-state index contributed by atoms with van der Waals surface area (Å²) < 4.78 is 11.0. The highest BCUT2D eigenvalue weighted by molar-refractivity contribution is 6.00. The summed E-state index contributed by atoms with van der Waals surface area (Å²) in [6, 6.07) is 11.1. The van der Waals surface area contributed by atoms with Crippen LogP contribution >= 0.6 is 0 Å². The topological polar surface area (TPSA) is 100 Å². The summed E-state index contributed by atoms with van der Waals surface area (Å²) in [4.78, 5) is 41.7. The van der Waals surface area contributed by atoms with Crippen LogP contribution in [0.1, 0.15) is 29.5 Å². The molecule has 1 atom stereocenters. The van der Waals surface area contributed by atoms with E-state index in [1.54, 1.807) is 29.2 Å². The fourth-order valence-electron chi connectivity index (χ4n) is 5.04. The first kappa shape index (κ1) is 27.6. The minimum atomic E-state index is -0.362. The molecular formula is C29H38N4O5. The highest BCUT2D eigenvalue weighted by Crippen LogP contribution is 2.27. The van der Waals surface area contributed by atoms with Crippen molar-refractivity contribution in [3.63, 3.8) is 0 Å². The summed E-state index contributed by atoms with van der Waals surface area (Å²) in [6.07, 6.45) is 1.07. The third-order valence-corrected chi connectivity index (χ3v) is 7.01. The molecule has 38 heavy (non-hydrogen) atoms. The number of hydrogen-bond acceptors (Lipinski definition) is 6. The van der Waals surface area contributed by atoms with Gasteiger partial charge in [0.1, 0.15) is 5.75 Å². The van der Waals surface area contributed by atoms with E-state index in [1.807, 2.05) is 32.9 Å². The Bertz CT molecular complexity index is 1120. The molecule has 204 valence electrons. The largest absolute Gasteiger partial charge is 0.484 e. The van der Waals surface area contributed by atoms with Crippen molar-refractivity contribution in [1.29, 1.82) is 0 Å². The van der Waals surface area contributed by atoms with Gasteiger partial charge in [0.25, 0.3) is 5.91 Å². The number of rotatable bonds is 10. The number of nitrogens with one attached hydrogen (secondary N) is 2. The molecule has 2 aromatic carbocycles. The first-order chi connectivity index (χ1) is 18.3. The quantitative estimate of drug-likeness (QED) is 0.466. The van der Waals surface area contributed by atoms with Crippen LogP contribution in [0, 0.1) is 26.7 Å². The molecule has 0 aliphatic carbocycles. The second kappa shape index (κ2) is 12.9. The van der Waals surface area contributed by atoms with Crippen LogP contribution in [0.3, 0.4) is 0 Å². The number of aryl methyl sites for hydroxylation is 3. The summed E-state index contributed by atoms with van der Waals surface area (Å²) >= 11 is 0. The molecule has 0 saturated carbocycles. The van der Waals surface area contributed by atoms with Gasteiger partial charge in [0.05, 0.1) is 19.1 Å². The van der Waals surface area contributed by atoms with Gasteiger partial charge in [-0.3, -0.25) is 19.3 Å². The average Bonchev–Trinajstić information content (AvgIpc) is 3.30. The number of benzene rings is 2. The number of amides is 3. The standard InChI is InChI=1S/C29H38N4O5/c1-20-15-21(2)28(22(3)16-20)31-26(34)19-38-25-7-5-24(6-8-25)33-18-23(17-27(33)35)29(36)30-9-4-10-32-11-13-37-14-12-32/h5-8,15-16,23H,4,9-14,17-19H2,1-3H3,(H,30,36)(H,31,34)/t23-/m0/s1. The molecule has 0 bridgehead atoms. The molecule has 0 spiro atoms. The Kier molecular flexibility index (Phi) is 9.36. The van der Waals surface area contributed by atoms with E-state index in [0.717, 1.165) is 61.6 Å². The van der Waals surface area contributed by atoms with Crippen molar-refractivity contribution in [2.45, 2.75) is 33.6 Å². The molecule has 0 radical (unpaired) electrons. The molecule has 9 nitrogen and oxygen atoms in total. The Morgan fingerprint density at radius 1 is 1.05 bits per heavy atom. The van der Waals surface area contributed by atoms with Crippen molar-refractivity contribution >= 4 is 29.1 Å². The summed E-state index contributed by atoms with van der Waals surface area (Å²) in [7, 11) is 0. The molecule has 0 aromatic heterocycles. The van der Waals surface area contributed by atoms with E-state index in [0.29, 0.717) is 24.5 Å². The predicted octanol–water partition coefficient (Wildman–Crippen LogP) is 2.82. The van der Waals surface area contributed by atoms with Crippen LogP contribution in [-0.4, -0.2) is 75.2 Å². The normalized spacial score (nSPS) is 17.9. The van der Waals surface area contributed by atoms with E-state index >= 15 is 0 Å². The molecule has 2 heterocycles. The molecule has 2 aromatic rings. The van der Waals surface area contributed by atoms with Gasteiger partial charge in [-0.15, -0.1) is 0 Å². The Hall–Kier alpha value is -3.43. The molecular weight excluding hydrogens is 484 g/mol. The lowest BCUT2D eigenvalue weighted by molar-refractivity contribution is -0.126. The minimum Gasteiger partial charge on any atom is -0.484 e. The van der Waals surface area contributed by atoms with E-state index in [1.165, 1.54) is 0 Å². The zero-order chi connectivity index (χ0) is 27.1. The molecule has 9 heteroatoms. The summed E-state index contributed by atoms with van der Waals surface area (Å²) in [6.45, 7) is 11.1. The van der Waals surface area contributed by atoms with Gasteiger partial charge >= 0.3 is 0 Å². The maximum absolute atomic E-state index is 12.6. The Balaban J connectivity index is 1.21. The van der Waals surface area contributed by atoms with Crippen LogP contribution in [0.25, 0.3) is 0 Å².